The van der Waals surface area contributed by atoms with Crippen molar-refractivity contribution in [2.75, 3.05) is 0 Å². The molecule has 0 aromatic rings. The summed E-state index contributed by atoms with van der Waals surface area (Å²) < 4.78 is 0. The van der Waals surface area contributed by atoms with Crippen LogP contribution < -0.4 is 0 Å². The Morgan fingerprint density at radius 3 is 1.86 bits per heavy atom. The lowest BCUT2D eigenvalue weighted by atomic mass is 9.91. The zero-order valence-electron chi connectivity index (χ0n) is 5.41. The molecular weight excluding hydrogens is 84.1 g/mol. The summed E-state index contributed by atoms with van der Waals surface area (Å²) in [7, 11) is 0. The van der Waals surface area contributed by atoms with E-state index in [1.54, 1.807) is 0 Å². The molecule has 41 valence electrons. The summed E-state index contributed by atoms with van der Waals surface area (Å²) in [4.78, 5) is 0. The van der Waals surface area contributed by atoms with Gasteiger partial charge in [0.15, 0.2) is 0 Å². The van der Waals surface area contributed by atoms with Crippen LogP contribution in [0.2, 0.25) is 0 Å². The van der Waals surface area contributed by atoms with E-state index in [0.29, 0.717) is 0 Å². The second-order valence-electron chi connectivity index (χ2n) is 2.63. The molecule has 0 N–H and O–H groups in total. The molecule has 0 aromatic heterocycles. The second-order valence-corrected chi connectivity index (χ2v) is 2.63. The highest BCUT2D eigenvalue weighted by atomic mass is 14.1. The van der Waals surface area contributed by atoms with E-state index in [9.17, 15) is 0 Å². The first-order valence-electron chi connectivity index (χ1n) is 2.81. The summed E-state index contributed by atoms with van der Waals surface area (Å²) in [5.41, 5.74) is -0.200. The first-order valence-corrected chi connectivity index (χ1v) is 2.81. The fourth-order valence-electron chi connectivity index (χ4n) is 0.625. The van der Waals surface area contributed by atoms with Gasteiger partial charge in [0.25, 0.3) is 0 Å². The zero-order valence-corrected chi connectivity index (χ0v) is 5.41. The molecule has 0 nitrogen and oxygen atoms in total. The van der Waals surface area contributed by atoms with Crippen molar-refractivity contribution in [2.24, 2.45) is 5.41 Å². The second kappa shape index (κ2) is 2.34. The van der Waals surface area contributed by atoms with Crippen LogP contribution in [0.25, 0.3) is 0 Å². The van der Waals surface area contributed by atoms with Crippen LogP contribution in [0.5, 0.6) is 0 Å². The molecule has 0 aliphatic carbocycles. The first kappa shape index (κ1) is 7.00. The summed E-state index contributed by atoms with van der Waals surface area (Å²) in [5, 5.41) is 0. The van der Waals surface area contributed by atoms with Gasteiger partial charge in [-0.05, 0) is 18.8 Å². The van der Waals surface area contributed by atoms with E-state index < -0.39 is 0 Å². The van der Waals surface area contributed by atoms with Crippen molar-refractivity contribution < 1.29 is 0 Å². The minimum absolute atomic E-state index is 0.200. The summed E-state index contributed by atoms with van der Waals surface area (Å²) in [6.45, 7) is 13.3. The van der Waals surface area contributed by atoms with Gasteiger partial charge in [-0.1, -0.05) is 27.2 Å². The normalized spacial score (nSPS) is 12.0. The maximum absolute atomic E-state index is 7.33. The van der Waals surface area contributed by atoms with Gasteiger partial charge in [-0.3, -0.25) is 0 Å². The number of hydrogen-bond acceptors (Lipinski definition) is 0. The van der Waals surface area contributed by atoms with E-state index >= 15 is 0 Å². The first-order chi connectivity index (χ1) is 3.06. The Kier molecular flexibility index (Phi) is 2.34. The Labute approximate surface area is 46.9 Å². The fraction of sp³-hybridized carbons (Fsp3) is 0.857. The SMILES string of the molecule is [C]C(C)(C)CCC. The molecular formula is C7H13. The minimum atomic E-state index is -0.200. The van der Waals surface area contributed by atoms with Crippen LogP contribution >= 0.6 is 0 Å². The van der Waals surface area contributed by atoms with Gasteiger partial charge in [0.2, 0.25) is 0 Å². The average Bonchev–Trinajstić information content (AvgIpc) is 1.30. The van der Waals surface area contributed by atoms with Gasteiger partial charge in [-0.25, -0.2) is 0 Å². The fourth-order valence-corrected chi connectivity index (χ4v) is 0.625. The predicted octanol–water partition coefficient (Wildman–Crippen LogP) is 2.40. The van der Waals surface area contributed by atoms with E-state index in [2.05, 4.69) is 6.92 Å². The largest absolute Gasteiger partial charge is 0.0654 e. The molecule has 0 amide bonds. The predicted molar refractivity (Wildman–Crippen MR) is 31.9 cm³/mol. The van der Waals surface area contributed by atoms with Crippen LogP contribution in [0, 0.1) is 12.3 Å². The standard InChI is InChI=1S/C7H13/c1-5-6-7(2,3)4/h5-6H2,1-3H3. The van der Waals surface area contributed by atoms with Crippen molar-refractivity contribution in [3.63, 3.8) is 0 Å². The molecule has 0 spiro atoms. The molecule has 0 bridgehead atoms. The van der Waals surface area contributed by atoms with Gasteiger partial charge in [0, 0.05) is 0 Å². The molecule has 0 heterocycles. The smallest absolute Gasteiger partial charge is 0.00259 e. The van der Waals surface area contributed by atoms with Gasteiger partial charge < -0.3 is 0 Å². The topological polar surface area (TPSA) is 0 Å². The van der Waals surface area contributed by atoms with Crippen LogP contribution in [0.1, 0.15) is 33.6 Å². The Morgan fingerprint density at radius 2 is 1.86 bits per heavy atom. The third-order valence-corrected chi connectivity index (χ3v) is 0.875. The third kappa shape index (κ3) is 6.00. The van der Waals surface area contributed by atoms with Crippen LogP contribution in [-0.2, 0) is 0 Å². The Bertz CT molecular complexity index is 38.5. The van der Waals surface area contributed by atoms with Crippen LogP contribution in [0.4, 0.5) is 0 Å². The molecule has 0 aliphatic rings. The lowest BCUT2D eigenvalue weighted by Crippen LogP contribution is -2.03. The molecule has 0 heteroatoms. The van der Waals surface area contributed by atoms with E-state index in [0.717, 1.165) is 12.8 Å². The molecule has 0 atom stereocenters. The van der Waals surface area contributed by atoms with Crippen molar-refractivity contribution in [3.8, 4) is 0 Å². The van der Waals surface area contributed by atoms with Gasteiger partial charge in [0.1, 0.15) is 0 Å². The zero-order chi connectivity index (χ0) is 5.91. The van der Waals surface area contributed by atoms with Crippen molar-refractivity contribution in [1.29, 1.82) is 0 Å². The van der Waals surface area contributed by atoms with Gasteiger partial charge in [0.05, 0.1) is 0 Å². The summed E-state index contributed by atoms with van der Waals surface area (Å²) >= 11 is 0. The number of rotatable bonds is 2. The molecule has 0 aliphatic heterocycles. The van der Waals surface area contributed by atoms with E-state index in [1.165, 1.54) is 0 Å². The molecule has 0 unspecified atom stereocenters. The van der Waals surface area contributed by atoms with Crippen LogP contribution in [-0.4, -0.2) is 0 Å². The van der Waals surface area contributed by atoms with Crippen LogP contribution in [0.15, 0.2) is 0 Å². The molecule has 3 radical (unpaired) electrons. The van der Waals surface area contributed by atoms with E-state index in [1.807, 2.05) is 13.8 Å². The lowest BCUT2D eigenvalue weighted by molar-refractivity contribution is 0.427. The van der Waals surface area contributed by atoms with E-state index in [4.69, 9.17) is 6.92 Å². The van der Waals surface area contributed by atoms with Crippen molar-refractivity contribution in [3.05, 3.63) is 6.92 Å². The quantitative estimate of drug-likeness (QED) is 0.496. The maximum Gasteiger partial charge on any atom is -0.00259 e. The van der Waals surface area contributed by atoms with Crippen molar-refractivity contribution >= 4 is 0 Å². The Morgan fingerprint density at radius 1 is 1.43 bits per heavy atom. The Balaban J connectivity index is 3.15. The van der Waals surface area contributed by atoms with Crippen LogP contribution in [0.3, 0.4) is 0 Å². The highest BCUT2D eigenvalue weighted by molar-refractivity contribution is 4.68. The summed E-state index contributed by atoms with van der Waals surface area (Å²) in [5.74, 6) is 0. The molecule has 7 heavy (non-hydrogen) atoms. The minimum Gasteiger partial charge on any atom is -0.0654 e. The highest BCUT2D eigenvalue weighted by Gasteiger charge is 2.07. The van der Waals surface area contributed by atoms with Gasteiger partial charge in [-0.15, -0.1) is 0 Å². The molecule has 0 fully saturated rings. The Hall–Kier alpha value is 0. The van der Waals surface area contributed by atoms with Gasteiger partial charge in [-0.2, -0.15) is 0 Å². The third-order valence-electron chi connectivity index (χ3n) is 0.875. The molecule has 0 saturated heterocycles. The highest BCUT2D eigenvalue weighted by Crippen LogP contribution is 2.18. The summed E-state index contributed by atoms with van der Waals surface area (Å²) in [6.07, 6.45) is 2.13. The van der Waals surface area contributed by atoms with Crippen molar-refractivity contribution in [1.82, 2.24) is 0 Å². The number of hydrogen-bond donors (Lipinski definition) is 0. The molecule has 0 saturated carbocycles. The maximum atomic E-state index is 7.33. The summed E-state index contributed by atoms with van der Waals surface area (Å²) in [6, 6.07) is 0. The van der Waals surface area contributed by atoms with E-state index in [-0.39, 0.29) is 5.41 Å². The van der Waals surface area contributed by atoms with Crippen molar-refractivity contribution in [2.45, 2.75) is 33.6 Å². The lowest BCUT2D eigenvalue weighted by Gasteiger charge is -2.14. The van der Waals surface area contributed by atoms with Gasteiger partial charge >= 0.3 is 0 Å². The average molecular weight is 97.2 g/mol. The monoisotopic (exact) mass is 97.1 g/mol. The molecule has 0 aromatic carbocycles. The molecule has 0 rings (SSSR count).